The van der Waals surface area contributed by atoms with Gasteiger partial charge in [0.25, 0.3) is 0 Å². The topological polar surface area (TPSA) is 48.9 Å². The van der Waals surface area contributed by atoms with Crippen LogP contribution in [0.4, 0.5) is 0 Å². The minimum atomic E-state index is -0.215. The third kappa shape index (κ3) is 8.27. The van der Waals surface area contributed by atoms with Crippen LogP contribution in [0.15, 0.2) is 4.99 Å². The second-order valence-corrected chi connectivity index (χ2v) is 6.34. The van der Waals surface area contributed by atoms with Gasteiger partial charge in [0.05, 0.1) is 12.1 Å². The van der Waals surface area contributed by atoms with E-state index in [4.69, 9.17) is 4.74 Å². The van der Waals surface area contributed by atoms with Gasteiger partial charge in [-0.2, -0.15) is 0 Å². The van der Waals surface area contributed by atoms with Gasteiger partial charge in [-0.3, -0.25) is 4.99 Å². The lowest BCUT2D eigenvalue weighted by molar-refractivity contribution is 0.0310. The number of rotatable bonds is 7. The third-order valence-corrected chi connectivity index (χ3v) is 3.93. The minimum Gasteiger partial charge on any atom is -0.377 e. The van der Waals surface area contributed by atoms with E-state index in [-0.39, 0.29) is 5.60 Å². The summed E-state index contributed by atoms with van der Waals surface area (Å²) in [5.74, 6) is 0.887. The Hall–Kier alpha value is -0.810. The van der Waals surface area contributed by atoms with Gasteiger partial charge in [-0.25, -0.2) is 0 Å². The number of likely N-dealkylation sites (tertiary alicyclic amines) is 1. The zero-order valence-corrected chi connectivity index (χ0v) is 14.4. The van der Waals surface area contributed by atoms with E-state index in [2.05, 4.69) is 41.3 Å². The summed E-state index contributed by atoms with van der Waals surface area (Å²) in [7, 11) is 1.73. The van der Waals surface area contributed by atoms with E-state index in [1.165, 1.54) is 38.8 Å². The second kappa shape index (κ2) is 10.0. The lowest BCUT2D eigenvalue weighted by atomic mass is 10.1. The van der Waals surface area contributed by atoms with Crippen molar-refractivity contribution < 1.29 is 4.74 Å². The smallest absolute Gasteiger partial charge is 0.191 e. The fraction of sp³-hybridized carbons (Fsp3) is 0.938. The third-order valence-electron chi connectivity index (χ3n) is 3.93. The van der Waals surface area contributed by atoms with Gasteiger partial charge in [-0.15, -0.1) is 0 Å². The zero-order valence-electron chi connectivity index (χ0n) is 14.4. The summed E-state index contributed by atoms with van der Waals surface area (Å²) in [6.45, 7) is 12.3. The molecule has 0 atom stereocenters. The maximum atomic E-state index is 5.41. The molecule has 0 aromatic rings. The number of hydrogen-bond acceptors (Lipinski definition) is 3. The van der Waals surface area contributed by atoms with Crippen molar-refractivity contribution in [3.8, 4) is 0 Å². The summed E-state index contributed by atoms with van der Waals surface area (Å²) >= 11 is 0. The van der Waals surface area contributed by atoms with Gasteiger partial charge in [-0.05, 0) is 46.7 Å². The van der Waals surface area contributed by atoms with Gasteiger partial charge in [0.2, 0.25) is 0 Å². The molecule has 0 aromatic carbocycles. The van der Waals surface area contributed by atoms with Crippen molar-refractivity contribution in [3.05, 3.63) is 0 Å². The van der Waals surface area contributed by atoms with Gasteiger partial charge < -0.3 is 20.3 Å². The fourth-order valence-corrected chi connectivity index (χ4v) is 2.37. The average Bonchev–Trinajstić information content (AvgIpc) is 2.73. The molecule has 1 saturated heterocycles. The van der Waals surface area contributed by atoms with Crippen LogP contribution < -0.4 is 10.6 Å². The molecule has 0 aliphatic carbocycles. The van der Waals surface area contributed by atoms with Crippen LogP contribution in [0, 0.1) is 0 Å². The zero-order chi connectivity index (χ0) is 15.6. The van der Waals surface area contributed by atoms with Crippen molar-refractivity contribution in [3.63, 3.8) is 0 Å². The molecule has 0 radical (unpaired) electrons. The van der Waals surface area contributed by atoms with E-state index in [0.717, 1.165) is 25.6 Å². The number of ether oxygens (including phenoxy) is 1. The number of aliphatic imine (C=N–C) groups is 1. The Labute approximate surface area is 130 Å². The quantitative estimate of drug-likeness (QED) is 0.556. The minimum absolute atomic E-state index is 0.215. The van der Waals surface area contributed by atoms with Crippen molar-refractivity contribution in [2.45, 2.75) is 52.1 Å². The summed E-state index contributed by atoms with van der Waals surface area (Å²) in [4.78, 5) is 7.17. The molecule has 0 saturated carbocycles. The van der Waals surface area contributed by atoms with Gasteiger partial charge in [0, 0.05) is 26.7 Å². The molecule has 0 spiro atoms. The molecule has 124 valence electrons. The molecule has 1 heterocycles. The Balaban J connectivity index is 2.34. The van der Waals surface area contributed by atoms with Gasteiger partial charge in [0.15, 0.2) is 5.96 Å². The lowest BCUT2D eigenvalue weighted by Crippen LogP contribution is -2.42. The van der Waals surface area contributed by atoms with Crippen LogP contribution in [0.3, 0.4) is 0 Å². The Bertz CT molecular complexity index is 297. The highest BCUT2D eigenvalue weighted by atomic mass is 16.5. The molecule has 5 nitrogen and oxygen atoms in total. The number of hydrogen-bond donors (Lipinski definition) is 2. The molecular formula is C16H34N4O. The highest BCUT2D eigenvalue weighted by Crippen LogP contribution is 2.09. The number of guanidine groups is 1. The first-order valence-corrected chi connectivity index (χ1v) is 8.37. The molecule has 2 N–H and O–H groups in total. The van der Waals surface area contributed by atoms with E-state index in [9.17, 15) is 0 Å². The Morgan fingerprint density at radius 3 is 2.38 bits per heavy atom. The normalized spacial score (nSPS) is 18.4. The highest BCUT2D eigenvalue weighted by Gasteiger charge is 2.15. The first-order valence-electron chi connectivity index (χ1n) is 8.37. The maximum Gasteiger partial charge on any atom is 0.191 e. The average molecular weight is 298 g/mol. The van der Waals surface area contributed by atoms with Gasteiger partial charge in [0.1, 0.15) is 0 Å². The Morgan fingerprint density at radius 2 is 1.81 bits per heavy atom. The van der Waals surface area contributed by atoms with Crippen molar-refractivity contribution in [2.24, 2.45) is 4.99 Å². The predicted molar refractivity (Wildman–Crippen MR) is 90.0 cm³/mol. The Kier molecular flexibility index (Phi) is 8.69. The summed E-state index contributed by atoms with van der Waals surface area (Å²) in [6.07, 6.45) is 5.46. The maximum absolute atomic E-state index is 5.41. The molecule has 5 heteroatoms. The van der Waals surface area contributed by atoms with Crippen LogP contribution in [-0.2, 0) is 4.74 Å². The van der Waals surface area contributed by atoms with Crippen LogP contribution in [0.2, 0.25) is 0 Å². The van der Waals surface area contributed by atoms with Crippen molar-refractivity contribution in [2.75, 3.05) is 46.4 Å². The molecule has 1 fully saturated rings. The summed E-state index contributed by atoms with van der Waals surface area (Å²) in [5.41, 5.74) is -0.215. The summed E-state index contributed by atoms with van der Waals surface area (Å²) in [5, 5.41) is 6.72. The molecule has 1 aliphatic heterocycles. The van der Waals surface area contributed by atoms with Crippen LogP contribution in [0.5, 0.6) is 0 Å². The molecule has 0 amide bonds. The van der Waals surface area contributed by atoms with Crippen molar-refractivity contribution >= 4 is 5.96 Å². The monoisotopic (exact) mass is 298 g/mol. The fourth-order valence-electron chi connectivity index (χ4n) is 2.37. The molecular weight excluding hydrogens is 264 g/mol. The summed E-state index contributed by atoms with van der Waals surface area (Å²) in [6, 6.07) is 0. The Morgan fingerprint density at radius 1 is 1.14 bits per heavy atom. The first kappa shape index (κ1) is 18.2. The number of nitrogens with one attached hydrogen (secondary N) is 2. The van der Waals surface area contributed by atoms with Gasteiger partial charge >= 0.3 is 0 Å². The highest BCUT2D eigenvalue weighted by molar-refractivity contribution is 5.79. The molecule has 1 rings (SSSR count). The molecule has 21 heavy (non-hydrogen) atoms. The van der Waals surface area contributed by atoms with Crippen molar-refractivity contribution in [1.29, 1.82) is 0 Å². The molecule has 0 aromatic heterocycles. The van der Waals surface area contributed by atoms with Crippen molar-refractivity contribution in [1.82, 2.24) is 15.5 Å². The standard InChI is InChI=1S/C16H34N4O/c1-5-17-15(19-14-16(2,3)21-4)18-10-13-20-11-8-6-7-9-12-20/h5-14H2,1-4H3,(H2,17,18,19). The van der Waals surface area contributed by atoms with E-state index in [1.54, 1.807) is 7.11 Å². The molecule has 1 aliphatic rings. The first-order chi connectivity index (χ1) is 10.1. The van der Waals surface area contributed by atoms with Crippen LogP contribution in [0.25, 0.3) is 0 Å². The van der Waals surface area contributed by atoms with Crippen LogP contribution in [-0.4, -0.2) is 62.8 Å². The second-order valence-electron chi connectivity index (χ2n) is 6.34. The van der Waals surface area contributed by atoms with E-state index in [1.807, 2.05) is 0 Å². The number of nitrogens with zero attached hydrogens (tertiary/aromatic N) is 2. The van der Waals surface area contributed by atoms with Gasteiger partial charge in [-0.1, -0.05) is 12.8 Å². The SMILES string of the molecule is CCNC(=NCC(C)(C)OC)NCCN1CCCCCC1. The lowest BCUT2D eigenvalue weighted by Gasteiger charge is -2.22. The van der Waals surface area contributed by atoms with E-state index < -0.39 is 0 Å². The van der Waals surface area contributed by atoms with Crippen LogP contribution >= 0.6 is 0 Å². The molecule has 0 bridgehead atoms. The number of methoxy groups -OCH3 is 1. The van der Waals surface area contributed by atoms with E-state index >= 15 is 0 Å². The summed E-state index contributed by atoms with van der Waals surface area (Å²) < 4.78 is 5.41. The van der Waals surface area contributed by atoms with E-state index in [0.29, 0.717) is 6.54 Å². The predicted octanol–water partition coefficient (Wildman–Crippen LogP) is 1.84. The largest absolute Gasteiger partial charge is 0.377 e. The molecule has 0 unspecified atom stereocenters. The van der Waals surface area contributed by atoms with Crippen LogP contribution in [0.1, 0.15) is 46.5 Å².